The predicted octanol–water partition coefficient (Wildman–Crippen LogP) is 2.10. The lowest BCUT2D eigenvalue weighted by atomic mass is 9.90. The molecule has 1 amide bonds. The highest BCUT2D eigenvalue weighted by Gasteiger charge is 2.45. The van der Waals surface area contributed by atoms with Crippen molar-refractivity contribution in [1.82, 2.24) is 4.90 Å². The van der Waals surface area contributed by atoms with Crippen LogP contribution in [0.4, 0.5) is 0 Å². The summed E-state index contributed by atoms with van der Waals surface area (Å²) in [7, 11) is 0. The van der Waals surface area contributed by atoms with Crippen LogP contribution in [-0.4, -0.2) is 22.1 Å². The highest BCUT2D eigenvalue weighted by Crippen LogP contribution is 2.37. The molecule has 5 nitrogen and oxygen atoms in total. The normalized spacial score (nSPS) is 27.2. The number of aliphatic imine (C=N–C) groups is 1. The number of azo groups is 1. The molecule has 0 aliphatic carbocycles. The second-order valence-electron chi connectivity index (χ2n) is 3.94. The third-order valence-corrected chi connectivity index (χ3v) is 2.98. The monoisotopic (exact) mass is 238 g/mol. The van der Waals surface area contributed by atoms with Gasteiger partial charge in [0.05, 0.1) is 23.8 Å². The van der Waals surface area contributed by atoms with Gasteiger partial charge in [-0.3, -0.25) is 14.7 Å². The lowest BCUT2D eigenvalue weighted by molar-refractivity contribution is -0.122. The number of amides is 1. The Morgan fingerprint density at radius 2 is 2.33 bits per heavy atom. The minimum absolute atomic E-state index is 0.221. The van der Waals surface area contributed by atoms with Crippen molar-refractivity contribution in [3.8, 4) is 0 Å². The van der Waals surface area contributed by atoms with Crippen molar-refractivity contribution < 1.29 is 4.79 Å². The van der Waals surface area contributed by atoms with Gasteiger partial charge in [0.15, 0.2) is 5.54 Å². The van der Waals surface area contributed by atoms with Crippen molar-refractivity contribution >= 4 is 11.6 Å². The van der Waals surface area contributed by atoms with Crippen LogP contribution < -0.4 is 0 Å². The van der Waals surface area contributed by atoms with Crippen LogP contribution >= 0.6 is 0 Å². The largest absolute Gasteiger partial charge is 0.283 e. The summed E-state index contributed by atoms with van der Waals surface area (Å²) in [5, 5.41) is 8.19. The summed E-state index contributed by atoms with van der Waals surface area (Å²) in [6.07, 6.45) is 13.5. The van der Waals surface area contributed by atoms with Crippen LogP contribution in [0.15, 0.2) is 76.5 Å². The van der Waals surface area contributed by atoms with E-state index in [-0.39, 0.29) is 5.91 Å². The van der Waals surface area contributed by atoms with Crippen molar-refractivity contribution in [3.63, 3.8) is 0 Å². The van der Waals surface area contributed by atoms with Gasteiger partial charge in [0, 0.05) is 6.20 Å². The fourth-order valence-electron chi connectivity index (χ4n) is 2.11. The fourth-order valence-corrected chi connectivity index (χ4v) is 2.11. The predicted molar refractivity (Wildman–Crippen MR) is 67.6 cm³/mol. The molecule has 88 valence electrons. The van der Waals surface area contributed by atoms with Crippen molar-refractivity contribution in [2.75, 3.05) is 0 Å². The minimum Gasteiger partial charge on any atom is -0.283 e. The molecule has 0 N–H and O–H groups in total. The number of rotatable bonds is 1. The maximum atomic E-state index is 11.9. The van der Waals surface area contributed by atoms with E-state index in [1.54, 1.807) is 30.8 Å². The Balaban J connectivity index is 2.13. The Hall–Kier alpha value is -2.56. The molecule has 0 bridgehead atoms. The molecule has 1 atom stereocenters. The van der Waals surface area contributed by atoms with Gasteiger partial charge in [0.2, 0.25) is 0 Å². The number of nitrogens with zero attached hydrogens (tertiary/aromatic N) is 4. The van der Waals surface area contributed by atoms with Crippen molar-refractivity contribution in [1.29, 1.82) is 0 Å². The van der Waals surface area contributed by atoms with Gasteiger partial charge in [-0.05, 0) is 24.3 Å². The molecular weight excluding hydrogens is 228 g/mol. The maximum Gasteiger partial charge on any atom is 0.254 e. The van der Waals surface area contributed by atoms with Crippen LogP contribution in [0.3, 0.4) is 0 Å². The zero-order chi connectivity index (χ0) is 12.6. The first-order chi connectivity index (χ1) is 8.78. The molecule has 0 radical (unpaired) electrons. The summed E-state index contributed by atoms with van der Waals surface area (Å²) in [5.74, 6) is -0.221. The van der Waals surface area contributed by atoms with E-state index in [9.17, 15) is 4.79 Å². The lowest BCUT2D eigenvalue weighted by Gasteiger charge is -2.29. The van der Waals surface area contributed by atoms with E-state index < -0.39 is 5.54 Å². The van der Waals surface area contributed by atoms with E-state index in [1.165, 1.54) is 11.0 Å². The molecule has 0 aromatic heterocycles. The Bertz CT molecular complexity index is 606. The van der Waals surface area contributed by atoms with Crippen LogP contribution in [0.25, 0.3) is 0 Å². The summed E-state index contributed by atoms with van der Waals surface area (Å²) in [5.41, 5.74) is 0.645. The first-order valence-corrected chi connectivity index (χ1v) is 5.47. The van der Waals surface area contributed by atoms with Gasteiger partial charge in [0.25, 0.3) is 5.91 Å². The SMILES string of the molecule is C=CC(=O)N1C=CC=CC23N=NC=CC2=NC=C13. The molecule has 1 unspecified atom stereocenters. The van der Waals surface area contributed by atoms with E-state index in [0.717, 1.165) is 5.71 Å². The molecule has 0 aromatic rings. The Morgan fingerprint density at radius 3 is 3.17 bits per heavy atom. The molecule has 0 saturated heterocycles. The Morgan fingerprint density at radius 1 is 1.44 bits per heavy atom. The summed E-state index contributed by atoms with van der Waals surface area (Å²) >= 11 is 0. The molecule has 3 rings (SSSR count). The van der Waals surface area contributed by atoms with Crippen LogP contribution in [-0.2, 0) is 4.79 Å². The topological polar surface area (TPSA) is 57.4 Å². The fraction of sp³-hybridized carbons (Fsp3) is 0.0769. The Kier molecular flexibility index (Phi) is 2.19. The average Bonchev–Trinajstić information content (AvgIpc) is 2.69. The second-order valence-corrected chi connectivity index (χ2v) is 3.94. The summed E-state index contributed by atoms with van der Waals surface area (Å²) in [4.78, 5) is 17.7. The molecule has 18 heavy (non-hydrogen) atoms. The molecule has 0 saturated carbocycles. The molecule has 3 aliphatic rings. The molecule has 1 spiro atoms. The summed E-state index contributed by atoms with van der Waals surface area (Å²) in [6.45, 7) is 3.50. The first kappa shape index (κ1) is 10.6. The van der Waals surface area contributed by atoms with Crippen molar-refractivity contribution in [2.24, 2.45) is 15.2 Å². The van der Waals surface area contributed by atoms with Crippen LogP contribution in [0.5, 0.6) is 0 Å². The van der Waals surface area contributed by atoms with Gasteiger partial charge >= 0.3 is 0 Å². The van der Waals surface area contributed by atoms with E-state index in [1.807, 2.05) is 12.2 Å². The summed E-state index contributed by atoms with van der Waals surface area (Å²) < 4.78 is 0. The minimum atomic E-state index is -0.781. The third kappa shape index (κ3) is 1.27. The zero-order valence-electron chi connectivity index (χ0n) is 9.52. The number of hydrogen-bond acceptors (Lipinski definition) is 4. The zero-order valence-corrected chi connectivity index (χ0v) is 9.52. The third-order valence-electron chi connectivity index (χ3n) is 2.98. The first-order valence-electron chi connectivity index (χ1n) is 5.47. The molecule has 0 aromatic carbocycles. The van der Waals surface area contributed by atoms with E-state index in [2.05, 4.69) is 21.8 Å². The van der Waals surface area contributed by atoms with Gasteiger partial charge in [-0.15, -0.1) is 0 Å². The second kappa shape index (κ2) is 3.73. The molecule has 0 fully saturated rings. The number of allylic oxidation sites excluding steroid dienone is 2. The molecular formula is C13H10N4O. The summed E-state index contributed by atoms with van der Waals surface area (Å²) in [6, 6.07) is 0. The number of carbonyl (C=O) groups is 1. The maximum absolute atomic E-state index is 11.9. The van der Waals surface area contributed by atoms with Gasteiger partial charge < -0.3 is 0 Å². The van der Waals surface area contributed by atoms with Gasteiger partial charge in [-0.25, -0.2) is 0 Å². The van der Waals surface area contributed by atoms with E-state index >= 15 is 0 Å². The Labute approximate surface area is 104 Å². The lowest BCUT2D eigenvalue weighted by Crippen LogP contribution is -2.41. The highest BCUT2D eigenvalue weighted by molar-refractivity contribution is 6.10. The standard InChI is InChI=1S/C13H10N4O/c1-2-12(18)17-8-4-3-6-13-10(5-7-15-16-13)14-9-11(13)17/h2-9H,1H2. The van der Waals surface area contributed by atoms with Crippen LogP contribution in [0, 0.1) is 0 Å². The molecule has 5 heteroatoms. The number of hydrogen-bond donors (Lipinski definition) is 0. The van der Waals surface area contributed by atoms with Crippen LogP contribution in [0.2, 0.25) is 0 Å². The smallest absolute Gasteiger partial charge is 0.254 e. The van der Waals surface area contributed by atoms with Crippen molar-refractivity contribution in [2.45, 2.75) is 5.54 Å². The molecule has 3 aliphatic heterocycles. The van der Waals surface area contributed by atoms with Crippen molar-refractivity contribution in [3.05, 3.63) is 61.3 Å². The van der Waals surface area contributed by atoms with E-state index in [0.29, 0.717) is 5.70 Å². The quantitative estimate of drug-likeness (QED) is 0.645. The van der Waals surface area contributed by atoms with Crippen LogP contribution in [0.1, 0.15) is 0 Å². The molecule has 3 heterocycles. The average molecular weight is 238 g/mol. The van der Waals surface area contributed by atoms with Gasteiger partial charge in [-0.1, -0.05) is 12.7 Å². The highest BCUT2D eigenvalue weighted by atomic mass is 16.2. The van der Waals surface area contributed by atoms with Gasteiger partial charge in [0.1, 0.15) is 0 Å². The van der Waals surface area contributed by atoms with Gasteiger partial charge in [-0.2, -0.15) is 10.2 Å². The van der Waals surface area contributed by atoms with E-state index in [4.69, 9.17) is 0 Å². The number of carbonyl (C=O) groups excluding carboxylic acids is 1.